The molecule has 8 heteroatoms. The molecule has 140 valence electrons. The van der Waals surface area contributed by atoms with Crippen LogP contribution in [0.4, 0.5) is 0 Å². The number of H-pyrrole nitrogens is 1. The Kier molecular flexibility index (Phi) is 7.31. The molecule has 1 aliphatic heterocycles. The average molecular weight is 360 g/mol. The fourth-order valence-electron chi connectivity index (χ4n) is 2.84. The van der Waals surface area contributed by atoms with Gasteiger partial charge in [-0.05, 0) is 20.2 Å². The van der Waals surface area contributed by atoms with Gasteiger partial charge >= 0.3 is 0 Å². The maximum atomic E-state index is 12.8. The lowest BCUT2D eigenvalue weighted by molar-refractivity contribution is -0.122. The molecule has 1 aromatic carbocycles. The molecule has 1 amide bonds. The van der Waals surface area contributed by atoms with Crippen molar-refractivity contribution in [1.82, 2.24) is 20.0 Å². The average Bonchev–Trinajstić information content (AvgIpc) is 3.13. The second-order valence-corrected chi connectivity index (χ2v) is 6.13. The standard InChI is InChI=1S/C17H22N4O2.CH2O2/c1-20(2)11-14-12-23-9-8-21(14)17(22)16-10-15(18-19-16)13-6-4-3-5-7-13;2-1-3/h3-7,10,14H,8-9,11-12H2,1-2H3,(H,18,19);1H,(H,2,3). The highest BCUT2D eigenvalue weighted by Crippen LogP contribution is 2.19. The number of benzene rings is 1. The number of likely N-dealkylation sites (N-methyl/N-ethyl adjacent to an activating group) is 1. The van der Waals surface area contributed by atoms with E-state index in [1.165, 1.54) is 0 Å². The molecule has 2 heterocycles. The molecule has 1 saturated heterocycles. The monoisotopic (exact) mass is 360 g/mol. The lowest BCUT2D eigenvalue weighted by atomic mass is 10.1. The van der Waals surface area contributed by atoms with E-state index in [0.29, 0.717) is 25.5 Å². The van der Waals surface area contributed by atoms with Gasteiger partial charge in [-0.15, -0.1) is 0 Å². The largest absolute Gasteiger partial charge is 0.483 e. The highest BCUT2D eigenvalue weighted by molar-refractivity contribution is 5.93. The van der Waals surface area contributed by atoms with Gasteiger partial charge in [-0.3, -0.25) is 14.7 Å². The first-order valence-electron chi connectivity index (χ1n) is 8.29. The predicted octanol–water partition coefficient (Wildman–Crippen LogP) is 1.18. The van der Waals surface area contributed by atoms with Crippen molar-refractivity contribution >= 4 is 12.4 Å². The second-order valence-electron chi connectivity index (χ2n) is 6.13. The molecule has 0 saturated carbocycles. The normalized spacial score (nSPS) is 16.7. The molecule has 2 aromatic rings. The Morgan fingerprint density at radius 3 is 2.77 bits per heavy atom. The number of ether oxygens (including phenoxy) is 1. The summed E-state index contributed by atoms with van der Waals surface area (Å²) in [5.74, 6) is -0.0187. The van der Waals surface area contributed by atoms with E-state index in [2.05, 4.69) is 15.1 Å². The zero-order valence-electron chi connectivity index (χ0n) is 15.0. The quantitative estimate of drug-likeness (QED) is 0.795. The van der Waals surface area contributed by atoms with Crippen LogP contribution in [0.3, 0.4) is 0 Å². The summed E-state index contributed by atoms with van der Waals surface area (Å²) >= 11 is 0. The third-order valence-corrected chi connectivity index (χ3v) is 3.94. The summed E-state index contributed by atoms with van der Waals surface area (Å²) in [5.41, 5.74) is 2.30. The number of morpholine rings is 1. The van der Waals surface area contributed by atoms with Crippen LogP contribution in [0.2, 0.25) is 0 Å². The molecule has 0 aliphatic carbocycles. The lowest BCUT2D eigenvalue weighted by Gasteiger charge is -2.36. The van der Waals surface area contributed by atoms with Crippen LogP contribution in [0.15, 0.2) is 36.4 Å². The van der Waals surface area contributed by atoms with Gasteiger partial charge in [0.15, 0.2) is 0 Å². The molecule has 0 bridgehead atoms. The first-order chi connectivity index (χ1) is 12.6. The summed E-state index contributed by atoms with van der Waals surface area (Å²) in [4.78, 5) is 25.1. The number of rotatable bonds is 4. The van der Waals surface area contributed by atoms with E-state index in [1.807, 2.05) is 55.4 Å². The minimum Gasteiger partial charge on any atom is -0.483 e. The van der Waals surface area contributed by atoms with Crippen molar-refractivity contribution in [2.45, 2.75) is 6.04 Å². The van der Waals surface area contributed by atoms with Crippen LogP contribution in [0.1, 0.15) is 10.5 Å². The van der Waals surface area contributed by atoms with E-state index >= 15 is 0 Å². The highest BCUT2D eigenvalue weighted by Gasteiger charge is 2.29. The second kappa shape index (κ2) is 9.69. The molecule has 1 unspecified atom stereocenters. The van der Waals surface area contributed by atoms with E-state index in [9.17, 15) is 4.79 Å². The number of carbonyl (C=O) groups excluding carboxylic acids is 1. The summed E-state index contributed by atoms with van der Waals surface area (Å²) in [6.07, 6.45) is 0. The smallest absolute Gasteiger partial charge is 0.290 e. The van der Waals surface area contributed by atoms with Crippen molar-refractivity contribution in [2.75, 3.05) is 40.4 Å². The number of hydrogen-bond acceptors (Lipinski definition) is 5. The number of aromatic nitrogens is 2. The van der Waals surface area contributed by atoms with E-state index in [4.69, 9.17) is 14.6 Å². The molecule has 1 fully saturated rings. The fourth-order valence-corrected chi connectivity index (χ4v) is 2.84. The first-order valence-corrected chi connectivity index (χ1v) is 8.29. The van der Waals surface area contributed by atoms with E-state index in [0.717, 1.165) is 17.8 Å². The molecular formula is C18H24N4O4. The number of hydrogen-bond donors (Lipinski definition) is 2. The van der Waals surface area contributed by atoms with Gasteiger partial charge < -0.3 is 19.6 Å². The third-order valence-electron chi connectivity index (χ3n) is 3.94. The number of nitrogens with one attached hydrogen (secondary N) is 1. The summed E-state index contributed by atoms with van der Waals surface area (Å²) in [6.45, 7) is 2.29. The molecule has 26 heavy (non-hydrogen) atoms. The maximum Gasteiger partial charge on any atom is 0.290 e. The van der Waals surface area contributed by atoms with Crippen LogP contribution in [-0.2, 0) is 9.53 Å². The van der Waals surface area contributed by atoms with Crippen LogP contribution in [0.25, 0.3) is 11.3 Å². The van der Waals surface area contributed by atoms with E-state index < -0.39 is 0 Å². The van der Waals surface area contributed by atoms with Crippen molar-refractivity contribution in [3.8, 4) is 11.3 Å². The van der Waals surface area contributed by atoms with Gasteiger partial charge in [0.25, 0.3) is 12.4 Å². The Balaban J connectivity index is 0.000000758. The summed E-state index contributed by atoms with van der Waals surface area (Å²) in [6, 6.07) is 11.7. The van der Waals surface area contributed by atoms with Crippen LogP contribution in [0.5, 0.6) is 0 Å². The van der Waals surface area contributed by atoms with Gasteiger partial charge in [0, 0.05) is 18.7 Å². The van der Waals surface area contributed by atoms with Crippen molar-refractivity contribution in [3.63, 3.8) is 0 Å². The fraction of sp³-hybridized carbons (Fsp3) is 0.389. The number of carboxylic acid groups (broad SMARTS) is 1. The van der Waals surface area contributed by atoms with Gasteiger partial charge in [0.05, 0.1) is 24.9 Å². The van der Waals surface area contributed by atoms with Gasteiger partial charge in [-0.25, -0.2) is 0 Å². The number of nitrogens with zero attached hydrogens (tertiary/aromatic N) is 3. The van der Waals surface area contributed by atoms with Crippen LogP contribution in [0, 0.1) is 0 Å². The first kappa shape index (κ1) is 19.6. The van der Waals surface area contributed by atoms with Crippen LogP contribution in [-0.4, -0.2) is 83.9 Å². The van der Waals surface area contributed by atoms with Crippen molar-refractivity contribution in [2.24, 2.45) is 0 Å². The Morgan fingerprint density at radius 1 is 1.42 bits per heavy atom. The highest BCUT2D eigenvalue weighted by atomic mass is 16.5. The van der Waals surface area contributed by atoms with E-state index in [1.54, 1.807) is 0 Å². The van der Waals surface area contributed by atoms with Crippen molar-refractivity contribution in [3.05, 3.63) is 42.1 Å². The Hall–Kier alpha value is -2.71. The number of amides is 1. The predicted molar refractivity (Wildman–Crippen MR) is 96.9 cm³/mol. The number of aromatic amines is 1. The molecular weight excluding hydrogens is 336 g/mol. The Bertz CT molecular complexity index is 702. The van der Waals surface area contributed by atoms with Crippen LogP contribution >= 0.6 is 0 Å². The van der Waals surface area contributed by atoms with Gasteiger partial charge in [0.1, 0.15) is 5.69 Å². The van der Waals surface area contributed by atoms with Gasteiger partial charge in [0.2, 0.25) is 0 Å². The molecule has 8 nitrogen and oxygen atoms in total. The van der Waals surface area contributed by atoms with Crippen molar-refractivity contribution in [1.29, 1.82) is 0 Å². The van der Waals surface area contributed by atoms with Crippen molar-refractivity contribution < 1.29 is 19.4 Å². The summed E-state index contributed by atoms with van der Waals surface area (Å²) in [5, 5.41) is 14.0. The minimum atomic E-state index is -0.250. The zero-order chi connectivity index (χ0) is 18.9. The summed E-state index contributed by atoms with van der Waals surface area (Å²) < 4.78 is 5.53. The minimum absolute atomic E-state index is 0.0187. The van der Waals surface area contributed by atoms with Gasteiger partial charge in [-0.2, -0.15) is 5.10 Å². The van der Waals surface area contributed by atoms with Crippen LogP contribution < -0.4 is 0 Å². The zero-order valence-corrected chi connectivity index (χ0v) is 15.0. The molecule has 0 radical (unpaired) electrons. The summed E-state index contributed by atoms with van der Waals surface area (Å²) in [7, 11) is 4.00. The lowest BCUT2D eigenvalue weighted by Crippen LogP contribution is -2.52. The third kappa shape index (κ3) is 5.14. The van der Waals surface area contributed by atoms with Gasteiger partial charge in [-0.1, -0.05) is 30.3 Å². The maximum absolute atomic E-state index is 12.8. The number of carbonyl (C=O) groups is 2. The molecule has 1 aliphatic rings. The Morgan fingerprint density at radius 2 is 2.12 bits per heavy atom. The molecule has 3 rings (SSSR count). The SMILES string of the molecule is CN(C)CC1COCCN1C(=O)c1cc(-c2ccccc2)n[nH]1.O=CO. The molecule has 0 spiro atoms. The Labute approximate surface area is 152 Å². The topological polar surface area (TPSA) is 98.8 Å². The molecule has 2 N–H and O–H groups in total. The van der Waals surface area contributed by atoms with E-state index in [-0.39, 0.29) is 18.4 Å². The molecule has 1 aromatic heterocycles. The molecule has 1 atom stereocenters.